The summed E-state index contributed by atoms with van der Waals surface area (Å²) >= 11 is 0. The maximum absolute atomic E-state index is 12.6. The summed E-state index contributed by atoms with van der Waals surface area (Å²) in [7, 11) is 0. The van der Waals surface area contributed by atoms with Gasteiger partial charge in [0, 0.05) is 19.6 Å². The van der Waals surface area contributed by atoms with Crippen LogP contribution in [0.2, 0.25) is 0 Å². The minimum atomic E-state index is -1.17. The van der Waals surface area contributed by atoms with E-state index in [4.69, 9.17) is 0 Å². The first-order valence-corrected chi connectivity index (χ1v) is 7.48. The lowest BCUT2D eigenvalue weighted by Gasteiger charge is -2.43. The zero-order chi connectivity index (χ0) is 15.6. The van der Waals surface area contributed by atoms with Crippen LogP contribution in [-0.4, -0.2) is 52.1 Å². The van der Waals surface area contributed by atoms with Crippen molar-refractivity contribution in [2.75, 3.05) is 19.6 Å². The summed E-state index contributed by atoms with van der Waals surface area (Å²) in [4.78, 5) is 27.2. The number of aliphatic carboxylic acids is 1. The third-order valence-corrected chi connectivity index (χ3v) is 4.84. The van der Waals surface area contributed by atoms with Crippen LogP contribution in [0, 0.1) is 5.41 Å². The largest absolute Gasteiger partial charge is 0.480 e. The third kappa shape index (κ3) is 3.25. The molecule has 0 spiro atoms. The molecule has 0 aromatic heterocycles. The van der Waals surface area contributed by atoms with Crippen molar-refractivity contribution in [3.8, 4) is 0 Å². The van der Waals surface area contributed by atoms with Crippen LogP contribution in [0.3, 0.4) is 0 Å². The molecule has 0 saturated carbocycles. The fourth-order valence-electron chi connectivity index (χ4n) is 2.65. The van der Waals surface area contributed by atoms with Crippen molar-refractivity contribution in [1.82, 2.24) is 9.80 Å². The van der Waals surface area contributed by atoms with E-state index >= 15 is 0 Å². The van der Waals surface area contributed by atoms with E-state index in [9.17, 15) is 14.7 Å². The number of carbonyl (C=O) groups excluding carboxylic acids is 1. The van der Waals surface area contributed by atoms with E-state index in [-0.39, 0.29) is 6.03 Å². The number of amides is 2. The number of hydrogen-bond donors (Lipinski definition) is 1. The second-order valence-corrected chi connectivity index (χ2v) is 6.54. The summed E-state index contributed by atoms with van der Waals surface area (Å²) in [6, 6.07) is -0.155. The van der Waals surface area contributed by atoms with Crippen LogP contribution in [0.15, 0.2) is 0 Å². The summed E-state index contributed by atoms with van der Waals surface area (Å²) in [6.07, 6.45) is 3.09. The Labute approximate surface area is 121 Å². The van der Waals surface area contributed by atoms with Gasteiger partial charge in [0.1, 0.15) is 5.54 Å². The fourth-order valence-corrected chi connectivity index (χ4v) is 2.65. The van der Waals surface area contributed by atoms with Crippen LogP contribution in [0.5, 0.6) is 0 Å². The first kappa shape index (κ1) is 16.8. The Morgan fingerprint density at radius 1 is 1.25 bits per heavy atom. The second kappa shape index (κ2) is 6.02. The van der Waals surface area contributed by atoms with Gasteiger partial charge in [0.15, 0.2) is 0 Å². The van der Waals surface area contributed by atoms with E-state index in [1.807, 2.05) is 6.92 Å². The molecule has 0 aliphatic carbocycles. The lowest BCUT2D eigenvalue weighted by Crippen LogP contribution is -2.58. The summed E-state index contributed by atoms with van der Waals surface area (Å²) in [6.45, 7) is 11.3. The number of likely N-dealkylation sites (N-methyl/N-ethyl adjacent to an activating group) is 1. The highest BCUT2D eigenvalue weighted by atomic mass is 16.4. The van der Waals surface area contributed by atoms with Crippen molar-refractivity contribution in [1.29, 1.82) is 0 Å². The third-order valence-electron chi connectivity index (χ3n) is 4.84. The minimum Gasteiger partial charge on any atom is -0.480 e. The molecule has 1 heterocycles. The van der Waals surface area contributed by atoms with E-state index in [0.717, 1.165) is 32.4 Å². The van der Waals surface area contributed by atoms with Crippen molar-refractivity contribution < 1.29 is 14.7 Å². The minimum absolute atomic E-state index is 0.155. The van der Waals surface area contributed by atoms with Gasteiger partial charge in [0.05, 0.1) is 0 Å². The molecule has 2 amide bonds. The van der Waals surface area contributed by atoms with Gasteiger partial charge in [-0.15, -0.1) is 0 Å². The molecule has 1 N–H and O–H groups in total. The maximum atomic E-state index is 12.6. The van der Waals surface area contributed by atoms with Gasteiger partial charge >= 0.3 is 12.0 Å². The molecule has 0 aromatic rings. The molecule has 0 unspecified atom stereocenters. The van der Waals surface area contributed by atoms with E-state index in [2.05, 4.69) is 13.8 Å². The molecule has 0 bridgehead atoms. The van der Waals surface area contributed by atoms with Crippen LogP contribution < -0.4 is 0 Å². The summed E-state index contributed by atoms with van der Waals surface area (Å²) < 4.78 is 0. The molecule has 1 aliphatic heterocycles. The van der Waals surface area contributed by atoms with Crippen molar-refractivity contribution in [3.05, 3.63) is 0 Å². The number of carbonyl (C=O) groups is 2. The van der Waals surface area contributed by atoms with Crippen molar-refractivity contribution in [2.24, 2.45) is 5.41 Å². The highest BCUT2D eigenvalue weighted by Gasteiger charge is 2.40. The molecule has 1 fully saturated rings. The Bertz CT molecular complexity index is 371. The summed E-state index contributed by atoms with van der Waals surface area (Å²) in [5.74, 6) is -0.969. The molecule has 1 aliphatic rings. The van der Waals surface area contributed by atoms with Gasteiger partial charge in [0.25, 0.3) is 0 Å². The monoisotopic (exact) mass is 284 g/mol. The second-order valence-electron chi connectivity index (χ2n) is 6.54. The molecule has 20 heavy (non-hydrogen) atoms. The first-order valence-electron chi connectivity index (χ1n) is 7.48. The Morgan fingerprint density at radius 3 is 2.10 bits per heavy atom. The Morgan fingerprint density at radius 2 is 1.75 bits per heavy atom. The molecule has 0 atom stereocenters. The number of hydrogen-bond acceptors (Lipinski definition) is 2. The van der Waals surface area contributed by atoms with Crippen LogP contribution in [0.1, 0.15) is 53.9 Å². The highest BCUT2D eigenvalue weighted by molar-refractivity contribution is 5.85. The van der Waals surface area contributed by atoms with Crippen LogP contribution in [0.25, 0.3) is 0 Å². The molecular formula is C15H28N2O3. The predicted octanol–water partition coefficient (Wildman–Crippen LogP) is 2.80. The molecule has 1 saturated heterocycles. The molecule has 5 heteroatoms. The van der Waals surface area contributed by atoms with Gasteiger partial charge in [-0.2, -0.15) is 0 Å². The number of urea groups is 1. The lowest BCUT2D eigenvalue weighted by atomic mass is 9.78. The summed E-state index contributed by atoms with van der Waals surface area (Å²) in [5, 5.41) is 9.30. The SMILES string of the molecule is CCN(C(=O)N1CCC(C)(CC)CC1)C(C)(C)C(=O)O. The number of carboxylic acid groups (broad SMARTS) is 1. The number of likely N-dealkylation sites (tertiary alicyclic amines) is 1. The lowest BCUT2D eigenvalue weighted by molar-refractivity contribution is -0.147. The smallest absolute Gasteiger partial charge is 0.329 e. The van der Waals surface area contributed by atoms with E-state index in [1.54, 1.807) is 18.7 Å². The van der Waals surface area contributed by atoms with E-state index < -0.39 is 11.5 Å². The number of nitrogens with zero attached hydrogens (tertiary/aromatic N) is 2. The molecule has 116 valence electrons. The molecule has 1 rings (SSSR count). The number of rotatable bonds is 4. The number of carboxylic acids is 1. The van der Waals surface area contributed by atoms with Gasteiger partial charge in [-0.3, -0.25) is 0 Å². The Kier molecular flexibility index (Phi) is 5.05. The van der Waals surface area contributed by atoms with Crippen LogP contribution in [-0.2, 0) is 4.79 Å². The molecule has 0 radical (unpaired) electrons. The van der Waals surface area contributed by atoms with Crippen molar-refractivity contribution >= 4 is 12.0 Å². The van der Waals surface area contributed by atoms with Gasteiger partial charge in [-0.1, -0.05) is 20.3 Å². The van der Waals surface area contributed by atoms with Crippen molar-refractivity contribution in [2.45, 2.75) is 59.4 Å². The quantitative estimate of drug-likeness (QED) is 0.863. The average Bonchev–Trinajstić information content (AvgIpc) is 2.39. The first-order chi connectivity index (χ1) is 9.18. The molecule has 5 nitrogen and oxygen atoms in total. The maximum Gasteiger partial charge on any atom is 0.329 e. The Balaban J connectivity index is 2.77. The fraction of sp³-hybridized carbons (Fsp3) is 0.867. The predicted molar refractivity (Wildman–Crippen MR) is 78.7 cm³/mol. The Hall–Kier alpha value is -1.26. The van der Waals surface area contributed by atoms with Crippen LogP contribution >= 0.6 is 0 Å². The zero-order valence-corrected chi connectivity index (χ0v) is 13.4. The topological polar surface area (TPSA) is 60.9 Å². The average molecular weight is 284 g/mol. The van der Waals surface area contributed by atoms with Crippen LogP contribution in [0.4, 0.5) is 4.79 Å². The van der Waals surface area contributed by atoms with Gasteiger partial charge in [-0.05, 0) is 39.0 Å². The van der Waals surface area contributed by atoms with E-state index in [0.29, 0.717) is 12.0 Å². The van der Waals surface area contributed by atoms with E-state index in [1.165, 1.54) is 4.90 Å². The summed E-state index contributed by atoms with van der Waals surface area (Å²) in [5.41, 5.74) is -0.854. The molecule has 0 aromatic carbocycles. The zero-order valence-electron chi connectivity index (χ0n) is 13.4. The van der Waals surface area contributed by atoms with Crippen molar-refractivity contribution in [3.63, 3.8) is 0 Å². The van der Waals surface area contributed by atoms with Gasteiger partial charge in [0.2, 0.25) is 0 Å². The molecular weight excluding hydrogens is 256 g/mol. The van der Waals surface area contributed by atoms with Gasteiger partial charge in [-0.25, -0.2) is 9.59 Å². The number of piperidine rings is 1. The normalized spacial score (nSPS) is 18.8. The highest BCUT2D eigenvalue weighted by Crippen LogP contribution is 2.34. The standard InChI is InChI=1S/C15H28N2O3/c1-6-15(5)8-10-16(11-9-15)13(20)17(7-2)14(3,4)12(18)19/h6-11H2,1-5H3,(H,18,19). The van der Waals surface area contributed by atoms with Gasteiger partial charge < -0.3 is 14.9 Å².